The average Bonchev–Trinajstić information content (AvgIpc) is 3.15. The lowest BCUT2D eigenvalue weighted by atomic mass is 9.87. The molecule has 0 saturated carbocycles. The van der Waals surface area contributed by atoms with Gasteiger partial charge in [-0.1, -0.05) is 62.7 Å². The van der Waals surface area contributed by atoms with Crippen LogP contribution in [-0.4, -0.2) is 28.1 Å². The largest absolute Gasteiger partial charge is 0.421 e. The normalized spacial score (nSPS) is 11.5. The van der Waals surface area contributed by atoms with E-state index in [2.05, 4.69) is 55.2 Å². The lowest BCUT2D eigenvalue weighted by molar-refractivity contribution is -0.130. The van der Waals surface area contributed by atoms with Crippen LogP contribution in [0.25, 0.3) is 11.5 Å². The topological polar surface area (TPSA) is 59.2 Å². The Bertz CT molecular complexity index is 951. The van der Waals surface area contributed by atoms with Crippen molar-refractivity contribution in [2.75, 3.05) is 7.05 Å². The SMILES string of the molecule is Cc1ccc(-c2nnc(CCC(=O)N(C)Cc3ccc(C(C)(C)C)cc3)o2)cc1. The Morgan fingerprint density at radius 3 is 2.28 bits per heavy atom. The van der Waals surface area contributed by atoms with Crippen molar-refractivity contribution in [3.05, 3.63) is 71.1 Å². The van der Waals surface area contributed by atoms with Gasteiger partial charge in [-0.25, -0.2) is 0 Å². The fourth-order valence-corrected chi connectivity index (χ4v) is 3.04. The van der Waals surface area contributed by atoms with Gasteiger partial charge in [0.05, 0.1) is 0 Å². The minimum absolute atomic E-state index is 0.0555. The number of hydrogen-bond donors (Lipinski definition) is 0. The first-order chi connectivity index (χ1) is 13.7. The van der Waals surface area contributed by atoms with Gasteiger partial charge in [0, 0.05) is 32.0 Å². The number of aryl methyl sites for hydroxylation is 2. The molecule has 0 bridgehead atoms. The highest BCUT2D eigenvalue weighted by Crippen LogP contribution is 2.23. The summed E-state index contributed by atoms with van der Waals surface area (Å²) in [7, 11) is 1.82. The van der Waals surface area contributed by atoms with E-state index in [9.17, 15) is 4.79 Å². The lowest BCUT2D eigenvalue weighted by Gasteiger charge is -2.21. The summed E-state index contributed by atoms with van der Waals surface area (Å²) in [6, 6.07) is 16.4. The molecular weight excluding hydrogens is 362 g/mol. The molecule has 0 saturated heterocycles. The molecule has 0 fully saturated rings. The summed E-state index contributed by atoms with van der Waals surface area (Å²) in [6.07, 6.45) is 0.775. The highest BCUT2D eigenvalue weighted by atomic mass is 16.4. The summed E-state index contributed by atoms with van der Waals surface area (Å²) in [5.41, 5.74) is 4.60. The first-order valence-electron chi connectivity index (χ1n) is 9.95. The van der Waals surface area contributed by atoms with E-state index in [1.165, 1.54) is 11.1 Å². The standard InChI is InChI=1S/C24H29N3O2/c1-17-6-10-19(11-7-17)23-26-25-21(29-23)14-15-22(28)27(5)16-18-8-12-20(13-9-18)24(2,3)4/h6-13H,14-16H2,1-5H3. The Balaban J connectivity index is 1.53. The van der Waals surface area contributed by atoms with Crippen molar-refractivity contribution in [1.29, 1.82) is 0 Å². The maximum absolute atomic E-state index is 12.5. The Kier molecular flexibility index (Phi) is 6.16. The molecule has 2 aromatic carbocycles. The monoisotopic (exact) mass is 391 g/mol. The smallest absolute Gasteiger partial charge is 0.247 e. The van der Waals surface area contributed by atoms with Crippen LogP contribution < -0.4 is 0 Å². The maximum atomic E-state index is 12.5. The van der Waals surface area contributed by atoms with Gasteiger partial charge in [-0.05, 0) is 35.6 Å². The molecule has 3 aromatic rings. The van der Waals surface area contributed by atoms with Crippen LogP contribution in [-0.2, 0) is 23.2 Å². The van der Waals surface area contributed by atoms with Gasteiger partial charge in [-0.2, -0.15) is 0 Å². The molecule has 0 N–H and O–H groups in total. The summed E-state index contributed by atoms with van der Waals surface area (Å²) >= 11 is 0. The van der Waals surface area contributed by atoms with Crippen molar-refractivity contribution in [2.24, 2.45) is 0 Å². The zero-order chi connectivity index (χ0) is 21.0. The second-order valence-electron chi connectivity index (χ2n) is 8.56. The van der Waals surface area contributed by atoms with Crippen LogP contribution in [0.2, 0.25) is 0 Å². The van der Waals surface area contributed by atoms with Crippen molar-refractivity contribution in [3.63, 3.8) is 0 Å². The third-order valence-corrected chi connectivity index (χ3v) is 4.98. The van der Waals surface area contributed by atoms with Gasteiger partial charge in [0.25, 0.3) is 0 Å². The molecule has 0 aliphatic carbocycles. The molecule has 5 nitrogen and oxygen atoms in total. The van der Waals surface area contributed by atoms with Crippen LogP contribution in [0.1, 0.15) is 49.8 Å². The molecule has 0 unspecified atom stereocenters. The van der Waals surface area contributed by atoms with E-state index in [4.69, 9.17) is 4.42 Å². The first-order valence-corrected chi connectivity index (χ1v) is 9.95. The molecule has 1 aromatic heterocycles. The minimum atomic E-state index is 0.0555. The molecular formula is C24H29N3O2. The highest BCUT2D eigenvalue weighted by Gasteiger charge is 2.15. The predicted octanol–water partition coefficient (Wildman–Crippen LogP) is 4.93. The van der Waals surface area contributed by atoms with E-state index >= 15 is 0 Å². The van der Waals surface area contributed by atoms with Crippen molar-refractivity contribution >= 4 is 5.91 Å². The van der Waals surface area contributed by atoms with Crippen LogP contribution in [0.3, 0.4) is 0 Å². The van der Waals surface area contributed by atoms with Gasteiger partial charge in [0.1, 0.15) is 0 Å². The number of nitrogens with zero attached hydrogens (tertiary/aromatic N) is 3. The number of aromatic nitrogens is 2. The van der Waals surface area contributed by atoms with E-state index in [1.54, 1.807) is 4.90 Å². The Morgan fingerprint density at radius 2 is 1.66 bits per heavy atom. The third-order valence-electron chi connectivity index (χ3n) is 4.98. The Hall–Kier alpha value is -2.95. The number of carbonyl (C=O) groups excluding carboxylic acids is 1. The van der Waals surface area contributed by atoms with Crippen LogP contribution in [0.4, 0.5) is 0 Å². The van der Waals surface area contributed by atoms with Crippen molar-refractivity contribution in [2.45, 2.75) is 52.5 Å². The quantitative estimate of drug-likeness (QED) is 0.597. The van der Waals surface area contributed by atoms with Gasteiger partial charge >= 0.3 is 0 Å². The molecule has 5 heteroatoms. The molecule has 0 radical (unpaired) electrons. The van der Waals surface area contributed by atoms with Crippen LogP contribution in [0.5, 0.6) is 0 Å². The second-order valence-corrected chi connectivity index (χ2v) is 8.56. The molecule has 29 heavy (non-hydrogen) atoms. The Morgan fingerprint density at radius 1 is 1.00 bits per heavy atom. The minimum Gasteiger partial charge on any atom is -0.421 e. The van der Waals surface area contributed by atoms with Crippen molar-refractivity contribution in [1.82, 2.24) is 15.1 Å². The first kappa shape index (κ1) is 20.8. The Labute approximate surface area is 172 Å². The number of carbonyl (C=O) groups is 1. The zero-order valence-electron chi connectivity index (χ0n) is 17.9. The fourth-order valence-electron chi connectivity index (χ4n) is 3.04. The number of benzene rings is 2. The van der Waals surface area contributed by atoms with Crippen LogP contribution in [0.15, 0.2) is 52.9 Å². The van der Waals surface area contributed by atoms with E-state index in [-0.39, 0.29) is 11.3 Å². The van der Waals surface area contributed by atoms with E-state index in [1.807, 2.05) is 38.2 Å². The van der Waals surface area contributed by atoms with Gasteiger partial charge < -0.3 is 9.32 Å². The summed E-state index contributed by atoms with van der Waals surface area (Å²) in [5.74, 6) is 1.02. The number of amides is 1. The molecule has 0 spiro atoms. The summed E-state index contributed by atoms with van der Waals surface area (Å²) in [5, 5.41) is 8.17. The van der Waals surface area contributed by atoms with Gasteiger partial charge in [0.2, 0.25) is 17.7 Å². The van der Waals surface area contributed by atoms with Gasteiger partial charge in [0.15, 0.2) is 0 Å². The molecule has 152 valence electrons. The fraction of sp³-hybridized carbons (Fsp3) is 0.375. The van der Waals surface area contributed by atoms with E-state index < -0.39 is 0 Å². The van der Waals surface area contributed by atoms with E-state index in [0.29, 0.717) is 31.2 Å². The molecule has 0 aliphatic heterocycles. The van der Waals surface area contributed by atoms with Crippen molar-refractivity contribution < 1.29 is 9.21 Å². The zero-order valence-corrected chi connectivity index (χ0v) is 17.9. The van der Waals surface area contributed by atoms with Crippen molar-refractivity contribution in [3.8, 4) is 11.5 Å². The predicted molar refractivity (Wildman–Crippen MR) is 114 cm³/mol. The molecule has 3 rings (SSSR count). The summed E-state index contributed by atoms with van der Waals surface area (Å²) in [4.78, 5) is 14.2. The van der Waals surface area contributed by atoms with E-state index in [0.717, 1.165) is 11.1 Å². The number of hydrogen-bond acceptors (Lipinski definition) is 4. The summed E-state index contributed by atoms with van der Waals surface area (Å²) < 4.78 is 5.71. The van der Waals surface area contributed by atoms with Gasteiger partial charge in [-0.3, -0.25) is 4.79 Å². The molecule has 1 heterocycles. The maximum Gasteiger partial charge on any atom is 0.247 e. The highest BCUT2D eigenvalue weighted by molar-refractivity contribution is 5.76. The van der Waals surface area contributed by atoms with Crippen LogP contribution >= 0.6 is 0 Å². The molecule has 0 aliphatic rings. The summed E-state index contributed by atoms with van der Waals surface area (Å²) in [6.45, 7) is 9.20. The molecule has 1 amide bonds. The molecule has 0 atom stereocenters. The second kappa shape index (κ2) is 8.60. The third kappa shape index (κ3) is 5.53. The average molecular weight is 392 g/mol. The number of rotatable bonds is 6. The van der Waals surface area contributed by atoms with Gasteiger partial charge in [-0.15, -0.1) is 10.2 Å². The lowest BCUT2D eigenvalue weighted by Crippen LogP contribution is -2.26. The van der Waals surface area contributed by atoms with Crippen LogP contribution in [0, 0.1) is 6.92 Å².